The average molecular weight is 306 g/mol. The lowest BCUT2D eigenvalue weighted by molar-refractivity contribution is 0.779. The maximum absolute atomic E-state index is 4.69. The minimum Gasteiger partial charge on any atom is -0.316 e. The molecule has 0 saturated heterocycles. The van der Waals surface area contributed by atoms with Crippen molar-refractivity contribution >= 4 is 15.9 Å². The summed E-state index contributed by atoms with van der Waals surface area (Å²) in [5.74, 6) is 0.700. The minimum absolute atomic E-state index is 0.700. The van der Waals surface area contributed by atoms with E-state index in [1.807, 2.05) is 11.7 Å². The zero-order valence-corrected chi connectivity index (χ0v) is 11.9. The molecule has 94 valence electrons. The molecule has 1 aromatic carbocycles. The maximum Gasteiger partial charge on any atom is 0.0701 e. The number of nitrogens with one attached hydrogen (secondary N) is 1. The Labute approximate surface area is 115 Å². The highest BCUT2D eigenvalue weighted by Crippen LogP contribution is 2.39. The van der Waals surface area contributed by atoms with Crippen LogP contribution in [-0.4, -0.2) is 16.8 Å². The number of halogens is 1. The number of nitrogens with zero attached hydrogens (tertiary/aromatic N) is 2. The summed E-state index contributed by atoms with van der Waals surface area (Å²) < 4.78 is 3.08. The third-order valence-electron chi connectivity index (χ3n) is 3.27. The normalized spacial score (nSPS) is 15.0. The van der Waals surface area contributed by atoms with Gasteiger partial charge in [0.15, 0.2) is 0 Å². The minimum atomic E-state index is 0.700. The van der Waals surface area contributed by atoms with Gasteiger partial charge in [-0.15, -0.1) is 0 Å². The average Bonchev–Trinajstić information content (AvgIpc) is 3.10. The van der Waals surface area contributed by atoms with Crippen molar-refractivity contribution in [2.45, 2.75) is 25.3 Å². The van der Waals surface area contributed by atoms with Crippen molar-refractivity contribution in [3.8, 4) is 5.69 Å². The standard InChI is InChI=1S/C14H16BrN3/c1-16-9-11-4-5-12(15)8-14(11)18-7-6-13(17-18)10-2-3-10/h4-8,10,16H,2-3,9H2,1H3. The molecular weight excluding hydrogens is 290 g/mol. The summed E-state index contributed by atoms with van der Waals surface area (Å²) in [5.41, 5.74) is 3.63. The van der Waals surface area contributed by atoms with Crippen molar-refractivity contribution in [2.75, 3.05) is 7.05 Å². The van der Waals surface area contributed by atoms with Crippen LogP contribution in [0.3, 0.4) is 0 Å². The number of aromatic nitrogens is 2. The first-order valence-corrected chi connectivity index (χ1v) is 7.06. The predicted molar refractivity (Wildman–Crippen MR) is 76.0 cm³/mol. The molecule has 0 aliphatic heterocycles. The summed E-state index contributed by atoms with van der Waals surface area (Å²) in [4.78, 5) is 0. The van der Waals surface area contributed by atoms with E-state index >= 15 is 0 Å². The Kier molecular flexibility index (Phi) is 3.22. The Bertz CT molecular complexity index is 558. The van der Waals surface area contributed by atoms with Crippen LogP contribution < -0.4 is 5.32 Å². The second-order valence-electron chi connectivity index (χ2n) is 4.76. The van der Waals surface area contributed by atoms with Crippen LogP contribution in [0.5, 0.6) is 0 Å². The summed E-state index contributed by atoms with van der Waals surface area (Å²) in [6.45, 7) is 0.848. The van der Waals surface area contributed by atoms with Gasteiger partial charge in [0.1, 0.15) is 0 Å². The molecule has 2 aromatic rings. The zero-order valence-electron chi connectivity index (χ0n) is 10.4. The van der Waals surface area contributed by atoms with Crippen LogP contribution >= 0.6 is 15.9 Å². The lowest BCUT2D eigenvalue weighted by atomic mass is 10.2. The molecular formula is C14H16BrN3. The molecule has 0 atom stereocenters. The van der Waals surface area contributed by atoms with E-state index < -0.39 is 0 Å². The van der Waals surface area contributed by atoms with Gasteiger partial charge >= 0.3 is 0 Å². The fourth-order valence-corrected chi connectivity index (χ4v) is 2.51. The van der Waals surface area contributed by atoms with Crippen molar-refractivity contribution < 1.29 is 0 Å². The number of rotatable bonds is 4. The zero-order chi connectivity index (χ0) is 12.5. The summed E-state index contributed by atoms with van der Waals surface area (Å²) in [6.07, 6.45) is 4.65. The summed E-state index contributed by atoms with van der Waals surface area (Å²) in [7, 11) is 1.96. The molecule has 4 heteroatoms. The van der Waals surface area contributed by atoms with E-state index in [1.165, 1.54) is 24.1 Å². The van der Waals surface area contributed by atoms with Crippen molar-refractivity contribution in [1.29, 1.82) is 0 Å². The highest BCUT2D eigenvalue weighted by Gasteiger charge is 2.26. The molecule has 0 spiro atoms. The van der Waals surface area contributed by atoms with Crippen molar-refractivity contribution in [3.63, 3.8) is 0 Å². The molecule has 1 heterocycles. The third kappa shape index (κ3) is 2.35. The SMILES string of the molecule is CNCc1ccc(Br)cc1-n1ccc(C2CC2)n1. The fourth-order valence-electron chi connectivity index (χ4n) is 2.16. The molecule has 1 saturated carbocycles. The summed E-state index contributed by atoms with van der Waals surface area (Å²) in [6, 6.07) is 8.47. The molecule has 1 N–H and O–H groups in total. The number of hydrogen-bond donors (Lipinski definition) is 1. The fraction of sp³-hybridized carbons (Fsp3) is 0.357. The molecule has 18 heavy (non-hydrogen) atoms. The molecule has 3 rings (SSSR count). The molecule has 0 bridgehead atoms. The Morgan fingerprint density at radius 1 is 1.39 bits per heavy atom. The second-order valence-corrected chi connectivity index (χ2v) is 5.68. The van der Waals surface area contributed by atoms with Gasteiger partial charge in [0.25, 0.3) is 0 Å². The maximum atomic E-state index is 4.69. The van der Waals surface area contributed by atoms with E-state index in [1.54, 1.807) is 0 Å². The molecule has 1 aliphatic rings. The van der Waals surface area contributed by atoms with Crippen molar-refractivity contribution in [1.82, 2.24) is 15.1 Å². The first-order valence-electron chi connectivity index (χ1n) is 6.27. The topological polar surface area (TPSA) is 29.9 Å². The molecule has 0 unspecified atom stereocenters. The Morgan fingerprint density at radius 2 is 2.22 bits per heavy atom. The van der Waals surface area contributed by atoms with E-state index in [4.69, 9.17) is 5.10 Å². The Morgan fingerprint density at radius 3 is 2.94 bits per heavy atom. The molecule has 0 radical (unpaired) electrons. The van der Waals surface area contributed by atoms with Crippen LogP contribution in [0.1, 0.15) is 30.0 Å². The first-order chi connectivity index (χ1) is 8.78. The van der Waals surface area contributed by atoms with Crippen LogP contribution in [0.2, 0.25) is 0 Å². The quantitative estimate of drug-likeness (QED) is 0.940. The van der Waals surface area contributed by atoms with E-state index in [0.29, 0.717) is 5.92 Å². The molecule has 1 aliphatic carbocycles. The smallest absolute Gasteiger partial charge is 0.0701 e. The monoisotopic (exact) mass is 305 g/mol. The Balaban J connectivity index is 1.99. The highest BCUT2D eigenvalue weighted by molar-refractivity contribution is 9.10. The van der Waals surface area contributed by atoms with Gasteiger partial charge in [-0.2, -0.15) is 5.10 Å². The van der Waals surface area contributed by atoms with E-state index in [9.17, 15) is 0 Å². The first kappa shape index (κ1) is 11.9. The van der Waals surface area contributed by atoms with Gasteiger partial charge in [0.2, 0.25) is 0 Å². The molecule has 1 fully saturated rings. The second kappa shape index (κ2) is 4.86. The third-order valence-corrected chi connectivity index (χ3v) is 3.76. The van der Waals surface area contributed by atoms with Crippen LogP contribution in [0.15, 0.2) is 34.9 Å². The summed E-state index contributed by atoms with van der Waals surface area (Å²) in [5, 5.41) is 7.89. The van der Waals surface area contributed by atoms with Crippen molar-refractivity contribution in [2.24, 2.45) is 0 Å². The van der Waals surface area contributed by atoms with E-state index in [-0.39, 0.29) is 0 Å². The van der Waals surface area contributed by atoms with Crippen LogP contribution in [0.25, 0.3) is 5.69 Å². The van der Waals surface area contributed by atoms with E-state index in [2.05, 4.69) is 51.7 Å². The van der Waals surface area contributed by atoms with Crippen LogP contribution in [-0.2, 0) is 6.54 Å². The van der Waals surface area contributed by atoms with Gasteiger partial charge in [0, 0.05) is 23.1 Å². The lowest BCUT2D eigenvalue weighted by Crippen LogP contribution is -2.09. The molecule has 1 aromatic heterocycles. The Hall–Kier alpha value is -1.13. The summed E-state index contributed by atoms with van der Waals surface area (Å²) >= 11 is 3.53. The van der Waals surface area contributed by atoms with Gasteiger partial charge in [-0.05, 0) is 43.7 Å². The largest absolute Gasteiger partial charge is 0.316 e. The van der Waals surface area contributed by atoms with Gasteiger partial charge in [-0.1, -0.05) is 22.0 Å². The van der Waals surface area contributed by atoms with Gasteiger partial charge in [-0.25, -0.2) is 4.68 Å². The van der Waals surface area contributed by atoms with Crippen LogP contribution in [0, 0.1) is 0 Å². The highest BCUT2D eigenvalue weighted by atomic mass is 79.9. The predicted octanol–water partition coefficient (Wildman–Crippen LogP) is 3.23. The van der Waals surface area contributed by atoms with Crippen LogP contribution in [0.4, 0.5) is 0 Å². The van der Waals surface area contributed by atoms with Gasteiger partial charge in [-0.3, -0.25) is 0 Å². The lowest BCUT2D eigenvalue weighted by Gasteiger charge is -2.10. The number of hydrogen-bond acceptors (Lipinski definition) is 2. The van der Waals surface area contributed by atoms with Gasteiger partial charge < -0.3 is 5.32 Å². The molecule has 0 amide bonds. The number of benzene rings is 1. The molecule has 3 nitrogen and oxygen atoms in total. The van der Waals surface area contributed by atoms with Crippen molar-refractivity contribution in [3.05, 3.63) is 46.2 Å². The van der Waals surface area contributed by atoms with E-state index in [0.717, 1.165) is 16.7 Å². The van der Waals surface area contributed by atoms with Gasteiger partial charge in [0.05, 0.1) is 11.4 Å².